The van der Waals surface area contributed by atoms with Gasteiger partial charge < -0.3 is 4.90 Å². The monoisotopic (exact) mass is 351 g/mol. The van der Waals surface area contributed by atoms with Gasteiger partial charge in [0.2, 0.25) is 0 Å². The first kappa shape index (κ1) is 14.9. The summed E-state index contributed by atoms with van der Waals surface area (Å²) in [4.78, 5) is 2.19. The normalized spacial score (nSPS) is 10.5. The fourth-order valence-electron chi connectivity index (χ4n) is 2.44. The second-order valence-corrected chi connectivity index (χ2v) is 6.36. The Bertz CT molecular complexity index is 743. The highest BCUT2D eigenvalue weighted by Crippen LogP contribution is 2.28. The van der Waals surface area contributed by atoms with E-state index in [4.69, 9.17) is 0 Å². The first-order valence-electron chi connectivity index (χ1n) is 7.30. The second kappa shape index (κ2) is 6.37. The molecular formula is C20H18BrN. The molecule has 0 N–H and O–H groups in total. The fourth-order valence-corrected chi connectivity index (χ4v) is 2.70. The minimum Gasteiger partial charge on any atom is -0.345 e. The van der Waals surface area contributed by atoms with Crippen LogP contribution in [0.15, 0.2) is 77.3 Å². The van der Waals surface area contributed by atoms with Crippen LogP contribution in [0.4, 0.5) is 11.4 Å². The molecule has 1 nitrogen and oxygen atoms in total. The molecule has 0 aliphatic rings. The zero-order valence-corrected chi connectivity index (χ0v) is 14.3. The van der Waals surface area contributed by atoms with E-state index in [-0.39, 0.29) is 0 Å². The lowest BCUT2D eigenvalue weighted by molar-refractivity contribution is 1.21. The van der Waals surface area contributed by atoms with E-state index < -0.39 is 0 Å². The van der Waals surface area contributed by atoms with Crippen LogP contribution in [0.2, 0.25) is 0 Å². The van der Waals surface area contributed by atoms with E-state index in [2.05, 4.69) is 108 Å². The lowest BCUT2D eigenvalue weighted by Gasteiger charge is -2.20. The zero-order valence-electron chi connectivity index (χ0n) is 12.8. The van der Waals surface area contributed by atoms with Crippen LogP contribution in [0.3, 0.4) is 0 Å². The summed E-state index contributed by atoms with van der Waals surface area (Å²) in [5, 5.41) is 0. The largest absolute Gasteiger partial charge is 0.345 e. The molecule has 22 heavy (non-hydrogen) atoms. The number of hydrogen-bond acceptors (Lipinski definition) is 1. The van der Waals surface area contributed by atoms with E-state index in [1.54, 1.807) is 0 Å². The van der Waals surface area contributed by atoms with Crippen LogP contribution in [0.25, 0.3) is 11.1 Å². The van der Waals surface area contributed by atoms with Crippen LogP contribution >= 0.6 is 15.9 Å². The molecular weight excluding hydrogens is 334 g/mol. The van der Waals surface area contributed by atoms with Crippen LogP contribution in [0.1, 0.15) is 5.56 Å². The molecule has 0 radical (unpaired) electrons. The summed E-state index contributed by atoms with van der Waals surface area (Å²) in [6.45, 7) is 2.11. The summed E-state index contributed by atoms with van der Waals surface area (Å²) in [5.41, 5.74) is 6.14. The van der Waals surface area contributed by atoms with E-state index in [1.807, 2.05) is 0 Å². The van der Waals surface area contributed by atoms with Crippen molar-refractivity contribution < 1.29 is 0 Å². The standard InChI is InChI=1S/C20H18BrN/c1-15-3-5-16(6-4-15)17-7-11-19(12-8-17)22(2)20-13-9-18(21)10-14-20/h3-14H,1-2H3. The number of hydrogen-bond donors (Lipinski definition) is 0. The van der Waals surface area contributed by atoms with Crippen molar-refractivity contribution >= 4 is 27.3 Å². The van der Waals surface area contributed by atoms with Gasteiger partial charge in [0, 0.05) is 22.9 Å². The third-order valence-corrected chi connectivity index (χ3v) is 4.38. The Morgan fingerprint density at radius 1 is 0.636 bits per heavy atom. The summed E-state index contributed by atoms with van der Waals surface area (Å²) in [5.74, 6) is 0. The molecule has 0 aliphatic carbocycles. The van der Waals surface area contributed by atoms with Crippen LogP contribution < -0.4 is 4.90 Å². The van der Waals surface area contributed by atoms with Gasteiger partial charge in [-0.1, -0.05) is 57.9 Å². The van der Waals surface area contributed by atoms with Crippen molar-refractivity contribution in [3.05, 3.63) is 82.8 Å². The van der Waals surface area contributed by atoms with Crippen LogP contribution in [-0.4, -0.2) is 7.05 Å². The number of aryl methyl sites for hydroxylation is 1. The van der Waals surface area contributed by atoms with Gasteiger partial charge in [0.1, 0.15) is 0 Å². The lowest BCUT2D eigenvalue weighted by Crippen LogP contribution is -2.08. The van der Waals surface area contributed by atoms with Gasteiger partial charge in [0.25, 0.3) is 0 Å². The quantitative estimate of drug-likeness (QED) is 0.543. The number of rotatable bonds is 3. The Labute approximate surface area is 140 Å². The highest BCUT2D eigenvalue weighted by atomic mass is 79.9. The maximum Gasteiger partial charge on any atom is 0.0408 e. The van der Waals surface area contributed by atoms with Gasteiger partial charge in [-0.05, 0) is 54.4 Å². The Balaban J connectivity index is 1.84. The van der Waals surface area contributed by atoms with E-state index in [0.29, 0.717) is 0 Å². The van der Waals surface area contributed by atoms with Gasteiger partial charge in [-0.3, -0.25) is 0 Å². The topological polar surface area (TPSA) is 3.24 Å². The predicted molar refractivity (Wildman–Crippen MR) is 98.8 cm³/mol. The number of benzene rings is 3. The highest BCUT2D eigenvalue weighted by molar-refractivity contribution is 9.10. The Morgan fingerprint density at radius 3 is 1.55 bits per heavy atom. The molecule has 3 aromatic carbocycles. The molecule has 3 rings (SSSR count). The SMILES string of the molecule is Cc1ccc(-c2ccc(N(C)c3ccc(Br)cc3)cc2)cc1. The maximum atomic E-state index is 3.47. The summed E-state index contributed by atoms with van der Waals surface area (Å²) in [6.07, 6.45) is 0. The van der Waals surface area contributed by atoms with Gasteiger partial charge in [0.15, 0.2) is 0 Å². The molecule has 2 heteroatoms. The van der Waals surface area contributed by atoms with E-state index in [1.165, 1.54) is 28.1 Å². The van der Waals surface area contributed by atoms with Crippen molar-refractivity contribution in [2.75, 3.05) is 11.9 Å². The highest BCUT2D eigenvalue weighted by Gasteiger charge is 2.04. The molecule has 110 valence electrons. The molecule has 0 fully saturated rings. The smallest absolute Gasteiger partial charge is 0.0408 e. The molecule has 0 saturated heterocycles. The number of halogens is 1. The van der Waals surface area contributed by atoms with Gasteiger partial charge in [0.05, 0.1) is 0 Å². The van der Waals surface area contributed by atoms with Gasteiger partial charge in [-0.2, -0.15) is 0 Å². The Hall–Kier alpha value is -2.06. The minimum absolute atomic E-state index is 1.10. The minimum atomic E-state index is 1.10. The maximum absolute atomic E-state index is 3.47. The van der Waals surface area contributed by atoms with Crippen molar-refractivity contribution in [2.24, 2.45) is 0 Å². The molecule has 0 aromatic heterocycles. The summed E-state index contributed by atoms with van der Waals surface area (Å²) in [7, 11) is 2.09. The molecule has 3 aromatic rings. The van der Waals surface area contributed by atoms with Crippen molar-refractivity contribution in [3.8, 4) is 11.1 Å². The summed E-state index contributed by atoms with van der Waals surface area (Å²) >= 11 is 3.47. The van der Waals surface area contributed by atoms with Crippen molar-refractivity contribution in [1.29, 1.82) is 0 Å². The van der Waals surface area contributed by atoms with Crippen molar-refractivity contribution in [1.82, 2.24) is 0 Å². The predicted octanol–water partition coefficient (Wildman–Crippen LogP) is 6.19. The van der Waals surface area contributed by atoms with Gasteiger partial charge in [-0.15, -0.1) is 0 Å². The molecule has 0 spiro atoms. The third kappa shape index (κ3) is 3.23. The van der Waals surface area contributed by atoms with Crippen LogP contribution in [0.5, 0.6) is 0 Å². The van der Waals surface area contributed by atoms with E-state index >= 15 is 0 Å². The summed E-state index contributed by atoms with van der Waals surface area (Å²) < 4.78 is 1.10. The summed E-state index contributed by atoms with van der Waals surface area (Å²) in [6, 6.07) is 25.7. The average Bonchev–Trinajstić information content (AvgIpc) is 2.56. The third-order valence-electron chi connectivity index (χ3n) is 3.85. The zero-order chi connectivity index (χ0) is 15.5. The first-order valence-corrected chi connectivity index (χ1v) is 8.09. The number of anilines is 2. The molecule has 0 heterocycles. The van der Waals surface area contributed by atoms with Crippen LogP contribution in [-0.2, 0) is 0 Å². The molecule has 0 bridgehead atoms. The van der Waals surface area contributed by atoms with Crippen molar-refractivity contribution in [3.63, 3.8) is 0 Å². The molecule has 0 saturated carbocycles. The van der Waals surface area contributed by atoms with E-state index in [9.17, 15) is 0 Å². The molecule has 0 unspecified atom stereocenters. The number of nitrogens with zero attached hydrogens (tertiary/aromatic N) is 1. The lowest BCUT2D eigenvalue weighted by atomic mass is 10.0. The van der Waals surface area contributed by atoms with Crippen molar-refractivity contribution in [2.45, 2.75) is 6.92 Å². The van der Waals surface area contributed by atoms with Gasteiger partial charge >= 0.3 is 0 Å². The fraction of sp³-hybridized carbons (Fsp3) is 0.100. The van der Waals surface area contributed by atoms with Gasteiger partial charge in [-0.25, -0.2) is 0 Å². The second-order valence-electron chi connectivity index (χ2n) is 5.45. The molecule has 0 atom stereocenters. The molecule has 0 aliphatic heterocycles. The average molecular weight is 352 g/mol. The van der Waals surface area contributed by atoms with Crippen LogP contribution in [0, 0.1) is 6.92 Å². The Morgan fingerprint density at radius 2 is 1.05 bits per heavy atom. The van der Waals surface area contributed by atoms with E-state index in [0.717, 1.165) is 4.47 Å². The first-order chi connectivity index (χ1) is 10.6. The Kier molecular flexibility index (Phi) is 4.30. The molecule has 0 amide bonds.